The number of carbonyl (C=O) groups excluding carboxylic acids is 1. The summed E-state index contributed by atoms with van der Waals surface area (Å²) in [6.07, 6.45) is 7.30. The second-order valence-corrected chi connectivity index (χ2v) is 6.49. The van der Waals surface area contributed by atoms with Crippen molar-refractivity contribution in [3.63, 3.8) is 0 Å². The number of aromatic nitrogens is 3. The van der Waals surface area contributed by atoms with Gasteiger partial charge in [0.05, 0.1) is 24.4 Å². The number of H-pyrrole nitrogens is 1. The van der Waals surface area contributed by atoms with Crippen molar-refractivity contribution in [2.75, 3.05) is 6.54 Å². The highest BCUT2D eigenvalue weighted by atomic mass is 19.1. The van der Waals surface area contributed by atoms with Crippen LogP contribution in [0.15, 0.2) is 55.0 Å². The van der Waals surface area contributed by atoms with E-state index in [1.807, 2.05) is 17.0 Å². The van der Waals surface area contributed by atoms with Crippen LogP contribution in [0.1, 0.15) is 30.1 Å². The minimum atomic E-state index is -0.318. The minimum absolute atomic E-state index is 0.00776. The lowest BCUT2D eigenvalue weighted by atomic mass is 10.0. The number of aromatic amines is 1. The van der Waals surface area contributed by atoms with Crippen LogP contribution in [0.4, 0.5) is 4.39 Å². The molecule has 3 aromatic rings. The van der Waals surface area contributed by atoms with Crippen LogP contribution in [0, 0.1) is 5.82 Å². The lowest BCUT2D eigenvalue weighted by Gasteiger charge is -2.25. The lowest BCUT2D eigenvalue weighted by Crippen LogP contribution is -2.32. The number of hydrogen-bond donors (Lipinski definition) is 1. The first-order valence-electron chi connectivity index (χ1n) is 8.70. The fourth-order valence-electron chi connectivity index (χ4n) is 3.60. The van der Waals surface area contributed by atoms with Gasteiger partial charge in [-0.2, -0.15) is 5.10 Å². The van der Waals surface area contributed by atoms with Crippen LogP contribution < -0.4 is 0 Å². The first-order valence-corrected chi connectivity index (χ1v) is 8.70. The number of nitrogens with zero attached hydrogens (tertiary/aromatic N) is 3. The van der Waals surface area contributed by atoms with Crippen molar-refractivity contribution in [3.8, 4) is 11.1 Å². The first-order chi connectivity index (χ1) is 12.7. The molecule has 1 aromatic carbocycles. The molecule has 1 N–H and O–H groups in total. The predicted octanol–water partition coefficient (Wildman–Crippen LogP) is 3.52. The highest BCUT2D eigenvalue weighted by Crippen LogP contribution is 2.36. The number of halogens is 1. The van der Waals surface area contributed by atoms with Crippen molar-refractivity contribution < 1.29 is 9.18 Å². The lowest BCUT2D eigenvalue weighted by molar-refractivity contribution is -0.131. The molecule has 0 spiro atoms. The summed E-state index contributed by atoms with van der Waals surface area (Å²) >= 11 is 0. The van der Waals surface area contributed by atoms with Gasteiger partial charge in [-0.15, -0.1) is 0 Å². The van der Waals surface area contributed by atoms with E-state index in [1.54, 1.807) is 30.7 Å². The normalized spacial score (nSPS) is 16.8. The molecule has 5 nitrogen and oxygen atoms in total. The van der Waals surface area contributed by atoms with Gasteiger partial charge >= 0.3 is 0 Å². The molecule has 3 heterocycles. The van der Waals surface area contributed by atoms with E-state index in [0.29, 0.717) is 12.1 Å². The summed E-state index contributed by atoms with van der Waals surface area (Å²) in [6, 6.07) is 10.0. The summed E-state index contributed by atoms with van der Waals surface area (Å²) in [5.41, 5.74) is 3.65. The van der Waals surface area contributed by atoms with Crippen molar-refractivity contribution in [2.45, 2.75) is 25.3 Å². The van der Waals surface area contributed by atoms with E-state index in [-0.39, 0.29) is 24.2 Å². The maximum atomic E-state index is 13.4. The van der Waals surface area contributed by atoms with Crippen molar-refractivity contribution >= 4 is 5.91 Å². The summed E-state index contributed by atoms with van der Waals surface area (Å²) in [6.45, 7) is 0.702. The maximum absolute atomic E-state index is 13.4. The summed E-state index contributed by atoms with van der Waals surface area (Å²) in [7, 11) is 0. The van der Waals surface area contributed by atoms with Gasteiger partial charge in [-0.05, 0) is 48.2 Å². The zero-order chi connectivity index (χ0) is 17.9. The molecule has 26 heavy (non-hydrogen) atoms. The van der Waals surface area contributed by atoms with Gasteiger partial charge in [-0.25, -0.2) is 4.39 Å². The van der Waals surface area contributed by atoms with Gasteiger partial charge in [0.15, 0.2) is 0 Å². The van der Waals surface area contributed by atoms with Crippen molar-refractivity contribution in [3.05, 3.63) is 72.1 Å². The van der Waals surface area contributed by atoms with E-state index in [0.717, 1.165) is 29.7 Å². The Morgan fingerprint density at radius 2 is 2.12 bits per heavy atom. The van der Waals surface area contributed by atoms with Gasteiger partial charge in [-0.1, -0.05) is 12.1 Å². The van der Waals surface area contributed by atoms with Crippen molar-refractivity contribution in [2.24, 2.45) is 0 Å². The fourth-order valence-corrected chi connectivity index (χ4v) is 3.60. The largest absolute Gasteiger partial charge is 0.334 e. The summed E-state index contributed by atoms with van der Waals surface area (Å²) in [5, 5.41) is 7.28. The average molecular weight is 350 g/mol. The smallest absolute Gasteiger partial charge is 0.227 e. The van der Waals surface area contributed by atoms with Gasteiger partial charge in [0.25, 0.3) is 0 Å². The number of amides is 1. The number of benzene rings is 1. The highest BCUT2D eigenvalue weighted by Gasteiger charge is 2.32. The molecule has 1 aliphatic heterocycles. The molecule has 1 atom stereocenters. The molecule has 1 amide bonds. The van der Waals surface area contributed by atoms with Crippen molar-refractivity contribution in [1.82, 2.24) is 20.1 Å². The highest BCUT2D eigenvalue weighted by molar-refractivity contribution is 5.80. The fraction of sp³-hybridized carbons (Fsp3) is 0.250. The summed E-state index contributed by atoms with van der Waals surface area (Å²) in [4.78, 5) is 18.8. The molecule has 0 bridgehead atoms. The third kappa shape index (κ3) is 3.22. The van der Waals surface area contributed by atoms with E-state index in [9.17, 15) is 9.18 Å². The number of rotatable bonds is 4. The Morgan fingerprint density at radius 1 is 1.27 bits per heavy atom. The van der Waals surface area contributed by atoms with Crippen LogP contribution in [-0.2, 0) is 11.2 Å². The average Bonchev–Trinajstić information content (AvgIpc) is 3.31. The van der Waals surface area contributed by atoms with Crippen LogP contribution >= 0.6 is 0 Å². The summed E-state index contributed by atoms with van der Waals surface area (Å²) in [5.74, 6) is -0.310. The monoisotopic (exact) mass is 350 g/mol. The molecule has 1 aliphatic rings. The molecule has 0 radical (unpaired) electrons. The van der Waals surface area contributed by atoms with Crippen molar-refractivity contribution in [1.29, 1.82) is 0 Å². The number of likely N-dealkylation sites (tertiary alicyclic amines) is 1. The number of hydrogen-bond acceptors (Lipinski definition) is 3. The Bertz CT molecular complexity index is 909. The zero-order valence-electron chi connectivity index (χ0n) is 14.2. The molecule has 6 heteroatoms. The number of nitrogens with one attached hydrogen (secondary N) is 1. The molecular formula is C20H19FN4O. The van der Waals surface area contributed by atoms with Gasteiger partial charge in [0.2, 0.25) is 5.91 Å². The topological polar surface area (TPSA) is 61.9 Å². The van der Waals surface area contributed by atoms with Gasteiger partial charge in [0.1, 0.15) is 5.82 Å². The molecule has 0 saturated carbocycles. The third-order valence-corrected chi connectivity index (χ3v) is 4.81. The number of pyridine rings is 1. The minimum Gasteiger partial charge on any atom is -0.334 e. The zero-order valence-corrected chi connectivity index (χ0v) is 14.2. The van der Waals surface area contributed by atoms with Gasteiger partial charge < -0.3 is 4.90 Å². The predicted molar refractivity (Wildman–Crippen MR) is 95.6 cm³/mol. The quantitative estimate of drug-likeness (QED) is 0.783. The maximum Gasteiger partial charge on any atom is 0.227 e. The van der Waals surface area contributed by atoms with Crippen LogP contribution in [0.3, 0.4) is 0 Å². The van der Waals surface area contributed by atoms with E-state index >= 15 is 0 Å². The Labute approximate surface area is 150 Å². The molecule has 1 saturated heterocycles. The molecule has 1 unspecified atom stereocenters. The molecule has 132 valence electrons. The molecule has 4 rings (SSSR count). The van der Waals surface area contributed by atoms with Crippen LogP contribution in [0.25, 0.3) is 11.1 Å². The Balaban J connectivity index is 1.58. The van der Waals surface area contributed by atoms with Crippen LogP contribution in [0.5, 0.6) is 0 Å². The van der Waals surface area contributed by atoms with Gasteiger partial charge in [0, 0.05) is 24.5 Å². The molecule has 2 aromatic heterocycles. The SMILES string of the molecule is O=C(Cc1cccc(F)c1)N1CCCC1c1[nH]ncc1-c1ccncc1. The second kappa shape index (κ2) is 7.07. The van der Waals surface area contributed by atoms with Gasteiger partial charge in [-0.3, -0.25) is 14.9 Å². The molecular weight excluding hydrogens is 331 g/mol. The molecule has 1 fully saturated rings. The Morgan fingerprint density at radius 3 is 2.92 bits per heavy atom. The first kappa shape index (κ1) is 16.4. The van der Waals surface area contributed by atoms with E-state index in [1.165, 1.54) is 12.1 Å². The van der Waals surface area contributed by atoms with E-state index in [4.69, 9.17) is 0 Å². The standard InChI is InChI=1S/C20H19FN4O/c21-16-4-1-3-14(11-16)12-19(26)25-10-2-5-18(25)20-17(13-23-24-20)15-6-8-22-9-7-15/h1,3-4,6-9,11,13,18H,2,5,10,12H2,(H,23,24). The second-order valence-electron chi connectivity index (χ2n) is 6.49. The summed E-state index contributed by atoms with van der Waals surface area (Å²) < 4.78 is 13.4. The van der Waals surface area contributed by atoms with E-state index < -0.39 is 0 Å². The van der Waals surface area contributed by atoms with E-state index in [2.05, 4.69) is 15.2 Å². The third-order valence-electron chi connectivity index (χ3n) is 4.81. The Kier molecular flexibility index (Phi) is 4.48. The van der Waals surface area contributed by atoms with Crippen LogP contribution in [-0.4, -0.2) is 32.5 Å². The Hall–Kier alpha value is -3.02. The van der Waals surface area contributed by atoms with Crippen LogP contribution in [0.2, 0.25) is 0 Å². The number of carbonyl (C=O) groups is 1. The molecule has 0 aliphatic carbocycles.